The quantitative estimate of drug-likeness (QED) is 0.165. The lowest BCUT2D eigenvalue weighted by Gasteiger charge is -2.34. The standard InChI is InChI=1S/C27H29N5O5.C14H20N4/c1-28-24(34)17-2-5-19(6-3-17)31-12-10-16(11-13-31)15-29-18-4-7-20-21(14-18)27(37)32(26(20)36)22-8-9-23(33)30-25(22)35;1-2-5-12-10-14(16-11-6-3-4-7-11)18-13(17-12)8-9-15-18/h2-7,14,16,22,29H,8-13,15H2,1H3,(H,28,34)(H,30,33,35);8-11,16H,2-7H2,1H3. The zero-order valence-electron chi connectivity index (χ0n) is 31.5. The second-order valence-corrected chi connectivity index (χ2v) is 14.8. The number of piperidine rings is 2. The van der Waals surface area contributed by atoms with Gasteiger partial charge in [0, 0.05) is 73.9 Å². The van der Waals surface area contributed by atoms with Crippen molar-refractivity contribution in [1.29, 1.82) is 0 Å². The molecule has 5 amide bonds. The van der Waals surface area contributed by atoms with Crippen molar-refractivity contribution in [3.63, 3.8) is 0 Å². The molecule has 1 aliphatic carbocycles. The summed E-state index contributed by atoms with van der Waals surface area (Å²) in [6.45, 7) is 4.74. The number of hydrogen-bond donors (Lipinski definition) is 4. The Kier molecular flexibility index (Phi) is 11.4. The molecule has 4 aromatic rings. The number of imide groups is 2. The lowest BCUT2D eigenvalue weighted by molar-refractivity contribution is -0.136. The molecule has 5 heterocycles. The van der Waals surface area contributed by atoms with Crippen LogP contribution in [0.25, 0.3) is 5.65 Å². The van der Waals surface area contributed by atoms with Crippen LogP contribution in [0.4, 0.5) is 17.2 Å². The van der Waals surface area contributed by atoms with Gasteiger partial charge in [-0.05, 0) is 86.9 Å². The number of nitrogens with zero attached hydrogens (tertiary/aromatic N) is 5. The third kappa shape index (κ3) is 8.32. The maximum Gasteiger partial charge on any atom is 0.262 e. The molecule has 0 radical (unpaired) electrons. The Morgan fingerprint density at radius 2 is 1.64 bits per heavy atom. The number of fused-ring (bicyclic) bond motifs is 2. The second kappa shape index (κ2) is 16.7. The van der Waals surface area contributed by atoms with Crippen molar-refractivity contribution < 1.29 is 24.0 Å². The van der Waals surface area contributed by atoms with Gasteiger partial charge >= 0.3 is 0 Å². The average molecular weight is 748 g/mol. The van der Waals surface area contributed by atoms with Crippen LogP contribution in [0.1, 0.15) is 101 Å². The zero-order valence-corrected chi connectivity index (χ0v) is 31.5. The molecule has 4 N–H and O–H groups in total. The first-order chi connectivity index (χ1) is 26.7. The second-order valence-electron chi connectivity index (χ2n) is 14.8. The topological polar surface area (TPSA) is 170 Å². The van der Waals surface area contributed by atoms with Crippen LogP contribution < -0.4 is 26.2 Å². The fourth-order valence-electron chi connectivity index (χ4n) is 7.94. The molecule has 0 bridgehead atoms. The van der Waals surface area contributed by atoms with Gasteiger partial charge in [0.1, 0.15) is 11.9 Å². The van der Waals surface area contributed by atoms with Crippen molar-refractivity contribution >= 4 is 52.4 Å². The monoisotopic (exact) mass is 747 g/mol. The summed E-state index contributed by atoms with van der Waals surface area (Å²) in [5.74, 6) is -0.567. The fourth-order valence-corrected chi connectivity index (χ4v) is 7.94. The number of hydrogen-bond acceptors (Lipinski definition) is 10. The number of aromatic nitrogens is 3. The molecule has 1 unspecified atom stereocenters. The molecule has 14 nitrogen and oxygen atoms in total. The maximum atomic E-state index is 13.0. The Labute approximate surface area is 320 Å². The summed E-state index contributed by atoms with van der Waals surface area (Å²) in [6, 6.07) is 16.5. The van der Waals surface area contributed by atoms with E-state index in [1.807, 2.05) is 41.0 Å². The molecule has 4 aliphatic rings. The molecule has 0 spiro atoms. The van der Waals surface area contributed by atoms with E-state index < -0.39 is 29.7 Å². The highest BCUT2D eigenvalue weighted by Gasteiger charge is 2.44. The van der Waals surface area contributed by atoms with Crippen LogP contribution in [0.2, 0.25) is 0 Å². The maximum absolute atomic E-state index is 13.0. The number of benzene rings is 2. The lowest BCUT2D eigenvalue weighted by Crippen LogP contribution is -2.54. The van der Waals surface area contributed by atoms with E-state index in [-0.39, 0.29) is 29.9 Å². The number of carbonyl (C=O) groups is 5. The zero-order chi connectivity index (χ0) is 38.5. The number of nitrogens with one attached hydrogen (secondary N) is 4. The SMILES string of the molecule is CCCc1cc(NC2CCCC2)n2nccc2n1.CNC(=O)c1ccc(N2CCC(CNc3ccc4c(c3)C(=O)N(C3CCC(=O)NC3=O)C4=O)CC2)cc1. The highest BCUT2D eigenvalue weighted by Crippen LogP contribution is 2.31. The molecule has 2 saturated heterocycles. The summed E-state index contributed by atoms with van der Waals surface area (Å²) in [4.78, 5) is 69.2. The smallest absolute Gasteiger partial charge is 0.262 e. The number of carbonyl (C=O) groups excluding carboxylic acids is 5. The van der Waals surface area contributed by atoms with E-state index in [2.05, 4.69) is 49.2 Å². The molecule has 1 saturated carbocycles. The normalized spacial score (nSPS) is 18.9. The Morgan fingerprint density at radius 1 is 0.891 bits per heavy atom. The predicted molar refractivity (Wildman–Crippen MR) is 209 cm³/mol. The van der Waals surface area contributed by atoms with E-state index in [1.54, 1.807) is 25.2 Å². The average Bonchev–Trinajstić information content (AvgIpc) is 3.95. The van der Waals surface area contributed by atoms with Gasteiger partial charge in [-0.2, -0.15) is 9.61 Å². The molecule has 2 aromatic carbocycles. The van der Waals surface area contributed by atoms with Crippen molar-refractivity contribution in [1.82, 2.24) is 30.1 Å². The first kappa shape index (κ1) is 37.5. The predicted octanol–water partition coefficient (Wildman–Crippen LogP) is 4.81. The van der Waals surface area contributed by atoms with Gasteiger partial charge in [-0.15, -0.1) is 0 Å². The van der Waals surface area contributed by atoms with Gasteiger partial charge < -0.3 is 20.9 Å². The lowest BCUT2D eigenvalue weighted by atomic mass is 9.96. The summed E-state index contributed by atoms with van der Waals surface area (Å²) < 4.78 is 1.91. The summed E-state index contributed by atoms with van der Waals surface area (Å²) in [5, 5.41) is 16.2. The number of amides is 5. The minimum Gasteiger partial charge on any atom is -0.385 e. The van der Waals surface area contributed by atoms with Crippen molar-refractivity contribution in [2.45, 2.75) is 83.2 Å². The van der Waals surface area contributed by atoms with E-state index >= 15 is 0 Å². The van der Waals surface area contributed by atoms with Crippen LogP contribution in [0.5, 0.6) is 0 Å². The molecule has 1 atom stereocenters. The summed E-state index contributed by atoms with van der Waals surface area (Å²) in [6.07, 6.45) is 11.4. The summed E-state index contributed by atoms with van der Waals surface area (Å²) in [7, 11) is 1.62. The summed E-state index contributed by atoms with van der Waals surface area (Å²) in [5.41, 5.74) is 5.14. The van der Waals surface area contributed by atoms with E-state index in [0.717, 1.165) is 78.8 Å². The minimum absolute atomic E-state index is 0.0940. The number of anilines is 3. The van der Waals surface area contributed by atoms with Gasteiger partial charge in [0.25, 0.3) is 17.7 Å². The largest absolute Gasteiger partial charge is 0.385 e. The Morgan fingerprint density at radius 3 is 2.35 bits per heavy atom. The van der Waals surface area contributed by atoms with Crippen LogP contribution in [0.15, 0.2) is 60.8 Å². The van der Waals surface area contributed by atoms with Gasteiger partial charge in [0.05, 0.1) is 17.3 Å². The Balaban J connectivity index is 0.000000215. The van der Waals surface area contributed by atoms with Gasteiger partial charge in [0.15, 0.2) is 5.65 Å². The van der Waals surface area contributed by atoms with Gasteiger partial charge in [0.2, 0.25) is 11.8 Å². The van der Waals surface area contributed by atoms with Crippen molar-refractivity contribution in [2.24, 2.45) is 5.92 Å². The molecular formula is C41H49N9O5. The van der Waals surface area contributed by atoms with E-state index in [1.165, 1.54) is 25.7 Å². The third-order valence-electron chi connectivity index (χ3n) is 11.0. The van der Waals surface area contributed by atoms with Crippen LogP contribution >= 0.6 is 0 Å². The Hall–Kier alpha value is -5.79. The Bertz CT molecular complexity index is 2070. The first-order valence-electron chi connectivity index (χ1n) is 19.5. The van der Waals surface area contributed by atoms with Crippen LogP contribution in [-0.2, 0) is 16.0 Å². The van der Waals surface area contributed by atoms with Gasteiger partial charge in [-0.1, -0.05) is 26.2 Å². The van der Waals surface area contributed by atoms with Gasteiger partial charge in [-0.3, -0.25) is 34.2 Å². The molecule has 3 aliphatic heterocycles. The van der Waals surface area contributed by atoms with E-state index in [0.29, 0.717) is 17.5 Å². The van der Waals surface area contributed by atoms with Crippen molar-refractivity contribution in [3.05, 3.63) is 83.2 Å². The van der Waals surface area contributed by atoms with E-state index in [9.17, 15) is 24.0 Å². The minimum atomic E-state index is -0.966. The first-order valence-corrected chi connectivity index (χ1v) is 19.5. The third-order valence-corrected chi connectivity index (χ3v) is 11.0. The van der Waals surface area contributed by atoms with Crippen molar-refractivity contribution in [2.75, 3.05) is 42.2 Å². The fraction of sp³-hybridized carbons (Fsp3) is 0.439. The highest BCUT2D eigenvalue weighted by molar-refractivity contribution is 6.23. The van der Waals surface area contributed by atoms with Crippen LogP contribution in [0, 0.1) is 5.92 Å². The van der Waals surface area contributed by atoms with Crippen LogP contribution in [-0.4, -0.2) is 87.8 Å². The van der Waals surface area contributed by atoms with Crippen molar-refractivity contribution in [3.8, 4) is 0 Å². The summed E-state index contributed by atoms with van der Waals surface area (Å²) >= 11 is 0. The molecule has 2 aromatic heterocycles. The number of aryl methyl sites for hydroxylation is 1. The molecule has 55 heavy (non-hydrogen) atoms. The van der Waals surface area contributed by atoms with Crippen LogP contribution in [0.3, 0.4) is 0 Å². The molecule has 288 valence electrons. The molecule has 8 rings (SSSR count). The highest BCUT2D eigenvalue weighted by atomic mass is 16.2. The van der Waals surface area contributed by atoms with Gasteiger partial charge in [-0.25, -0.2) is 4.98 Å². The number of rotatable bonds is 10. The molecule has 14 heteroatoms. The molecular weight excluding hydrogens is 699 g/mol. The molecule has 3 fully saturated rings. The van der Waals surface area contributed by atoms with E-state index in [4.69, 9.17) is 0 Å².